The molecule has 0 saturated carbocycles. The third-order valence-corrected chi connectivity index (χ3v) is 11.9. The van der Waals surface area contributed by atoms with E-state index < -0.39 is 57.5 Å². The molecule has 16 heteroatoms. The number of hydrogen-bond donors (Lipinski definition) is 4. The summed E-state index contributed by atoms with van der Waals surface area (Å²) in [6.45, 7) is 4.45. The minimum absolute atomic E-state index is 0.00890. The Kier molecular flexibility index (Phi) is 33.7. The van der Waals surface area contributed by atoms with Crippen LogP contribution in [0.2, 0.25) is 0 Å². The molecule has 0 radical (unpaired) electrons. The van der Waals surface area contributed by atoms with E-state index in [1.807, 2.05) is 0 Å². The summed E-state index contributed by atoms with van der Waals surface area (Å²) in [5, 5.41) is 21.4. The summed E-state index contributed by atoms with van der Waals surface area (Å²) in [7, 11) is -10.3. The van der Waals surface area contributed by atoms with Crippen LogP contribution in [0.5, 0.6) is 0 Å². The molecule has 0 aliphatic heterocycles. The van der Waals surface area contributed by atoms with Crippen LogP contribution in [0.1, 0.15) is 240 Å². The van der Waals surface area contributed by atoms with E-state index in [4.69, 9.17) is 9.47 Å². The van der Waals surface area contributed by atoms with Gasteiger partial charge in [-0.05, 0) is 31.0 Å². The van der Waals surface area contributed by atoms with Crippen molar-refractivity contribution in [3.63, 3.8) is 0 Å². The zero-order chi connectivity index (χ0) is 45.9. The maximum absolute atomic E-state index is 13.1. The molecule has 14 nitrogen and oxygen atoms in total. The molecule has 1 rings (SSSR count). The van der Waals surface area contributed by atoms with E-state index in [1.165, 1.54) is 134 Å². The molecule has 4 N–H and O–H groups in total. The predicted octanol–water partition coefficient (Wildman–Crippen LogP) is 11.5. The number of carbonyl (C=O) groups is 2. The zero-order valence-corrected chi connectivity index (χ0v) is 39.6. The van der Waals surface area contributed by atoms with Gasteiger partial charge in [-0.1, -0.05) is 213 Å². The first-order valence-corrected chi connectivity index (χ1v) is 26.6. The number of benzene rings is 1. The van der Waals surface area contributed by atoms with Crippen molar-refractivity contribution in [2.24, 2.45) is 0 Å². The lowest BCUT2D eigenvalue weighted by molar-refractivity contribution is -0.117. The van der Waals surface area contributed by atoms with Gasteiger partial charge in [-0.3, -0.25) is 9.11 Å². The Morgan fingerprint density at radius 2 is 0.694 bits per heavy atom. The summed E-state index contributed by atoms with van der Waals surface area (Å²) in [6, 6.07) is 4.66. The van der Waals surface area contributed by atoms with Crippen molar-refractivity contribution < 1.29 is 63.6 Å². The number of rotatable bonds is 42. The van der Waals surface area contributed by atoms with E-state index in [-0.39, 0.29) is 24.0 Å². The molecule has 0 fully saturated rings. The van der Waals surface area contributed by atoms with Crippen LogP contribution in [0.15, 0.2) is 24.3 Å². The van der Waals surface area contributed by atoms with Gasteiger partial charge >= 0.3 is 32.7 Å². The fourth-order valence-electron chi connectivity index (χ4n) is 7.41. The molecule has 62 heavy (non-hydrogen) atoms. The van der Waals surface area contributed by atoms with Crippen LogP contribution in [0, 0.1) is 0 Å². The molecule has 4 atom stereocenters. The summed E-state index contributed by atoms with van der Waals surface area (Å²) < 4.78 is 84.0. The lowest BCUT2D eigenvalue weighted by Crippen LogP contribution is -2.36. The van der Waals surface area contributed by atoms with Gasteiger partial charge in [-0.2, -0.15) is 16.8 Å². The second-order valence-corrected chi connectivity index (χ2v) is 18.9. The number of aliphatic hydroxyl groups is 2. The van der Waals surface area contributed by atoms with Gasteiger partial charge in [0.2, 0.25) is 12.6 Å². The van der Waals surface area contributed by atoms with Crippen molar-refractivity contribution in [1.82, 2.24) is 0 Å². The zero-order valence-electron chi connectivity index (χ0n) is 37.9. The molecule has 0 aliphatic rings. The molecule has 0 aromatic heterocycles. The minimum Gasteiger partial charge on any atom is -0.428 e. The summed E-state index contributed by atoms with van der Waals surface area (Å²) in [5.41, 5.74) is -0.624. The molecule has 0 heterocycles. The first-order chi connectivity index (χ1) is 29.7. The van der Waals surface area contributed by atoms with Crippen LogP contribution in [0.3, 0.4) is 0 Å². The van der Waals surface area contributed by atoms with Gasteiger partial charge in [0.05, 0.1) is 11.1 Å². The molecule has 0 aliphatic carbocycles. The van der Waals surface area contributed by atoms with Gasteiger partial charge in [-0.15, -0.1) is 0 Å². The third kappa shape index (κ3) is 32.5. The van der Waals surface area contributed by atoms with E-state index in [1.54, 1.807) is 0 Å². The fraction of sp³-hybridized carbons (Fsp3) is 0.826. The summed E-state index contributed by atoms with van der Waals surface area (Å²) in [6.07, 6.45) is 26.6. The quantitative estimate of drug-likeness (QED) is 0.0207. The molecule has 4 unspecified atom stereocenters. The van der Waals surface area contributed by atoms with E-state index in [2.05, 4.69) is 22.2 Å². The monoisotopic (exact) mass is 923 g/mol. The van der Waals surface area contributed by atoms with E-state index >= 15 is 0 Å². The number of ether oxygens (including phenoxy) is 2. The molecule has 1 aromatic carbocycles. The highest BCUT2D eigenvalue weighted by molar-refractivity contribution is 7.81. The molecule has 0 bridgehead atoms. The van der Waals surface area contributed by atoms with Gasteiger partial charge < -0.3 is 19.7 Å². The molecule has 1 aromatic rings. The smallest absolute Gasteiger partial charge is 0.400 e. The summed E-state index contributed by atoms with van der Waals surface area (Å²) >= 11 is 0. The lowest BCUT2D eigenvalue weighted by Gasteiger charge is -2.22. The summed E-state index contributed by atoms with van der Waals surface area (Å²) in [4.78, 5) is 26.1. The van der Waals surface area contributed by atoms with Gasteiger partial charge in [0.25, 0.3) is 0 Å². The minimum atomic E-state index is -5.15. The average molecular weight is 923 g/mol. The molecule has 0 saturated heterocycles. The molecule has 362 valence electrons. The highest BCUT2D eigenvalue weighted by Crippen LogP contribution is 2.21. The van der Waals surface area contributed by atoms with Crippen LogP contribution >= 0.6 is 0 Å². The van der Waals surface area contributed by atoms with Crippen LogP contribution < -0.4 is 0 Å². The van der Waals surface area contributed by atoms with Crippen molar-refractivity contribution in [3.8, 4) is 0 Å². The first-order valence-electron chi connectivity index (χ1n) is 23.9. The van der Waals surface area contributed by atoms with Gasteiger partial charge in [0.15, 0.2) is 0 Å². The Morgan fingerprint density at radius 1 is 0.452 bits per heavy atom. The second-order valence-electron chi connectivity index (χ2n) is 16.8. The Morgan fingerprint density at radius 3 is 0.935 bits per heavy atom. The standard InChI is InChI=1S/C46H82O14S2/c1-3-5-7-9-11-13-15-17-19-21-23-25-27-29-31-36-41(47)45(59-61(51,52)53)57-43(49)39-34-33-35-40(38-39)44(50)58-46(60-62(54,55)56)42(48)37-32-30-28-26-24-22-20-18-16-14-12-10-8-6-4-2/h33-35,38,41-42,45-48H,3-32,36-37H2,1-2H3,(H,51,52,53)(H,54,55,56). The Hall–Kier alpha value is -2.18. The Balaban J connectivity index is 2.56. The van der Waals surface area contributed by atoms with Crippen molar-refractivity contribution in [1.29, 1.82) is 0 Å². The molecule has 0 spiro atoms. The van der Waals surface area contributed by atoms with E-state index in [0.29, 0.717) is 12.8 Å². The summed E-state index contributed by atoms with van der Waals surface area (Å²) in [5.74, 6) is -2.44. The highest BCUT2D eigenvalue weighted by atomic mass is 32.3. The topological polar surface area (TPSA) is 220 Å². The normalized spacial score (nSPS) is 14.0. The van der Waals surface area contributed by atoms with Crippen LogP contribution in [0.4, 0.5) is 0 Å². The Labute approximate surface area is 374 Å². The average Bonchev–Trinajstić information content (AvgIpc) is 3.22. The number of esters is 2. The van der Waals surface area contributed by atoms with Crippen molar-refractivity contribution in [2.75, 3.05) is 0 Å². The number of aliphatic hydroxyl groups excluding tert-OH is 2. The van der Waals surface area contributed by atoms with Crippen molar-refractivity contribution >= 4 is 32.7 Å². The van der Waals surface area contributed by atoms with Crippen molar-refractivity contribution in [3.05, 3.63) is 35.4 Å². The van der Waals surface area contributed by atoms with Gasteiger partial charge in [0.1, 0.15) is 12.2 Å². The lowest BCUT2D eigenvalue weighted by atomic mass is 10.0. The van der Waals surface area contributed by atoms with Gasteiger partial charge in [0, 0.05) is 0 Å². The van der Waals surface area contributed by atoms with Gasteiger partial charge in [-0.25, -0.2) is 18.0 Å². The van der Waals surface area contributed by atoms with Crippen LogP contribution in [-0.4, -0.2) is 72.9 Å². The van der Waals surface area contributed by atoms with Crippen molar-refractivity contribution in [2.45, 2.75) is 244 Å². The largest absolute Gasteiger partial charge is 0.428 e. The number of hydrogen-bond acceptors (Lipinski definition) is 12. The predicted molar refractivity (Wildman–Crippen MR) is 241 cm³/mol. The van der Waals surface area contributed by atoms with Crippen LogP contribution in [0.25, 0.3) is 0 Å². The highest BCUT2D eigenvalue weighted by Gasteiger charge is 2.32. The molecular formula is C46H82O14S2. The fourth-order valence-corrected chi connectivity index (χ4v) is 8.22. The third-order valence-electron chi connectivity index (χ3n) is 11.0. The Bertz CT molecular complexity index is 1400. The number of unbranched alkanes of at least 4 members (excludes halogenated alkanes) is 28. The number of carbonyl (C=O) groups excluding carboxylic acids is 2. The first kappa shape index (κ1) is 57.8. The van der Waals surface area contributed by atoms with Crippen LogP contribution in [-0.2, 0) is 38.6 Å². The second kappa shape index (κ2) is 36.1. The SMILES string of the molecule is CCCCCCCCCCCCCCCCCC(O)C(OC(=O)c1cccc(C(=O)OC(OS(=O)(=O)O)C(O)CCCCCCCCCCCCCCCCC)c1)OS(=O)(=O)O. The maximum Gasteiger partial charge on any atom is 0.400 e. The van der Waals surface area contributed by atoms with E-state index in [0.717, 1.165) is 70.3 Å². The van der Waals surface area contributed by atoms with E-state index in [9.17, 15) is 45.7 Å². The molecule has 0 amide bonds. The maximum atomic E-state index is 13.1. The molecular weight excluding hydrogens is 841 g/mol.